The average Bonchev–Trinajstić information content (AvgIpc) is 3.28. The molecule has 4 rings (SSSR count). The van der Waals surface area contributed by atoms with Crippen LogP contribution in [0, 0.1) is 0 Å². The monoisotopic (exact) mass is 401 g/mol. The fourth-order valence-electron chi connectivity index (χ4n) is 2.51. The summed E-state index contributed by atoms with van der Waals surface area (Å²) in [5.41, 5.74) is 1.62. The zero-order chi connectivity index (χ0) is 18.0. The van der Waals surface area contributed by atoms with Crippen LogP contribution in [0.5, 0.6) is 0 Å². The highest BCUT2D eigenvalue weighted by Crippen LogP contribution is 2.35. The summed E-state index contributed by atoms with van der Waals surface area (Å²) in [4.78, 5) is 8.34. The third kappa shape index (κ3) is 3.68. The number of aromatic amines is 1. The first-order chi connectivity index (χ1) is 12.6. The molecule has 0 amide bonds. The minimum atomic E-state index is -3.56. The van der Waals surface area contributed by atoms with Gasteiger partial charge in [-0.15, -0.1) is 11.3 Å². The number of nitrogens with zero attached hydrogens (tertiary/aromatic N) is 1. The van der Waals surface area contributed by atoms with Gasteiger partial charge < -0.3 is 4.98 Å². The highest BCUT2D eigenvalue weighted by Gasteiger charge is 2.18. The highest BCUT2D eigenvalue weighted by atomic mass is 32.3. The van der Waals surface area contributed by atoms with E-state index in [1.165, 1.54) is 11.3 Å². The third-order valence-electron chi connectivity index (χ3n) is 3.77. The summed E-state index contributed by atoms with van der Waals surface area (Å²) >= 11 is 2.82. The number of thiophene rings is 1. The number of hydrogen-bond donors (Lipinski definition) is 2. The zero-order valence-corrected chi connectivity index (χ0v) is 16.0. The van der Waals surface area contributed by atoms with Crippen LogP contribution in [-0.2, 0) is 16.6 Å². The lowest BCUT2D eigenvalue weighted by atomic mass is 10.2. The maximum absolute atomic E-state index is 12.6. The van der Waals surface area contributed by atoms with Gasteiger partial charge in [0.05, 0.1) is 4.21 Å². The molecule has 0 aliphatic carbocycles. The smallest absolute Gasteiger partial charge is 0.250 e. The van der Waals surface area contributed by atoms with Crippen molar-refractivity contribution in [3.63, 3.8) is 0 Å². The maximum Gasteiger partial charge on any atom is 0.250 e. The van der Waals surface area contributed by atoms with Gasteiger partial charge in [0.1, 0.15) is 9.86 Å². The Morgan fingerprint density at radius 1 is 1.08 bits per heavy atom. The van der Waals surface area contributed by atoms with E-state index in [1.807, 2.05) is 48.5 Å². The molecule has 0 bridgehead atoms. The van der Waals surface area contributed by atoms with Gasteiger partial charge in [-0.25, -0.2) is 18.1 Å². The van der Waals surface area contributed by atoms with E-state index < -0.39 is 10.0 Å². The number of H-pyrrole nitrogens is 1. The van der Waals surface area contributed by atoms with Gasteiger partial charge in [-0.1, -0.05) is 30.0 Å². The van der Waals surface area contributed by atoms with E-state index in [-0.39, 0.29) is 6.54 Å². The minimum absolute atomic E-state index is 0.215. The summed E-state index contributed by atoms with van der Waals surface area (Å²) in [7, 11) is -3.56. The van der Waals surface area contributed by atoms with Crippen molar-refractivity contribution in [2.45, 2.75) is 19.9 Å². The molecule has 0 unspecified atom stereocenters. The average molecular weight is 402 g/mol. The highest BCUT2D eigenvalue weighted by molar-refractivity contribution is 8.01. The van der Waals surface area contributed by atoms with Crippen molar-refractivity contribution in [1.29, 1.82) is 0 Å². The van der Waals surface area contributed by atoms with Gasteiger partial charge in [-0.3, -0.25) is 0 Å². The normalized spacial score (nSPS) is 11.8. The SMILES string of the molecule is O=S(=O)(NCc1c[nH]c2ncccc12)c1ccc(Sc2ccccc2)s1. The van der Waals surface area contributed by atoms with Gasteiger partial charge in [0, 0.05) is 29.2 Å². The van der Waals surface area contributed by atoms with Crippen LogP contribution in [-0.4, -0.2) is 18.4 Å². The van der Waals surface area contributed by atoms with Crippen molar-refractivity contribution in [3.8, 4) is 0 Å². The molecule has 3 heterocycles. The quantitative estimate of drug-likeness (QED) is 0.506. The third-order valence-corrected chi connectivity index (χ3v) is 7.89. The van der Waals surface area contributed by atoms with Gasteiger partial charge in [0.2, 0.25) is 10.0 Å². The molecule has 5 nitrogen and oxygen atoms in total. The Labute approximate surface area is 159 Å². The molecule has 4 aromatic rings. The molecule has 8 heteroatoms. The maximum atomic E-state index is 12.6. The van der Waals surface area contributed by atoms with E-state index in [4.69, 9.17) is 0 Å². The lowest BCUT2D eigenvalue weighted by molar-refractivity contribution is 0.583. The van der Waals surface area contributed by atoms with Gasteiger partial charge in [0.25, 0.3) is 0 Å². The van der Waals surface area contributed by atoms with E-state index >= 15 is 0 Å². The van der Waals surface area contributed by atoms with Crippen molar-refractivity contribution in [1.82, 2.24) is 14.7 Å². The number of rotatable bonds is 6. The topological polar surface area (TPSA) is 74.8 Å². The molecule has 1 aromatic carbocycles. The fraction of sp³-hybridized carbons (Fsp3) is 0.0556. The van der Waals surface area contributed by atoms with Crippen molar-refractivity contribution < 1.29 is 8.42 Å². The number of sulfonamides is 1. The minimum Gasteiger partial charge on any atom is -0.346 e. The van der Waals surface area contributed by atoms with E-state index in [2.05, 4.69) is 14.7 Å². The summed E-state index contributed by atoms with van der Waals surface area (Å²) in [6, 6.07) is 17.1. The lowest BCUT2D eigenvalue weighted by Gasteiger charge is -2.04. The second-order valence-corrected chi connectivity index (χ2v) is 9.98. The number of aromatic nitrogens is 2. The predicted octanol–water partition coefficient (Wildman–Crippen LogP) is 4.25. The first-order valence-electron chi connectivity index (χ1n) is 7.85. The van der Waals surface area contributed by atoms with Crippen LogP contribution >= 0.6 is 23.1 Å². The van der Waals surface area contributed by atoms with Gasteiger partial charge in [-0.05, 0) is 42.0 Å². The predicted molar refractivity (Wildman–Crippen MR) is 105 cm³/mol. The van der Waals surface area contributed by atoms with Crippen molar-refractivity contribution in [3.05, 3.63) is 72.6 Å². The summed E-state index contributed by atoms with van der Waals surface area (Å²) in [6.07, 6.45) is 3.48. The first kappa shape index (κ1) is 17.3. The van der Waals surface area contributed by atoms with E-state index in [9.17, 15) is 8.42 Å². The Kier molecular flexibility index (Phi) is 4.82. The molecule has 2 N–H and O–H groups in total. The number of pyridine rings is 1. The van der Waals surface area contributed by atoms with E-state index in [0.29, 0.717) is 4.21 Å². The molecular formula is C18H15N3O2S3. The Morgan fingerprint density at radius 3 is 2.77 bits per heavy atom. The Morgan fingerprint density at radius 2 is 1.92 bits per heavy atom. The van der Waals surface area contributed by atoms with Crippen LogP contribution in [0.1, 0.15) is 5.56 Å². The van der Waals surface area contributed by atoms with Crippen LogP contribution in [0.25, 0.3) is 11.0 Å². The lowest BCUT2D eigenvalue weighted by Crippen LogP contribution is -2.22. The van der Waals surface area contributed by atoms with Crippen molar-refractivity contribution in [2.24, 2.45) is 0 Å². The molecule has 0 radical (unpaired) electrons. The van der Waals surface area contributed by atoms with E-state index in [0.717, 1.165) is 25.7 Å². The zero-order valence-electron chi connectivity index (χ0n) is 13.5. The summed E-state index contributed by atoms with van der Waals surface area (Å²) < 4.78 is 29.1. The first-order valence-corrected chi connectivity index (χ1v) is 11.0. The summed E-state index contributed by atoms with van der Waals surface area (Å²) in [6.45, 7) is 0.215. The van der Waals surface area contributed by atoms with E-state index in [1.54, 1.807) is 30.2 Å². The standard InChI is InChI=1S/C18H15N3O2S3/c22-26(23,21-12-13-11-20-18-15(13)7-4-10-19-18)17-9-8-16(25-17)24-14-5-2-1-3-6-14/h1-11,21H,12H2,(H,19,20). The molecule has 0 atom stereocenters. The largest absolute Gasteiger partial charge is 0.346 e. The van der Waals surface area contributed by atoms with Crippen molar-refractivity contribution >= 4 is 44.2 Å². The Hall–Kier alpha value is -2.13. The number of fused-ring (bicyclic) bond motifs is 1. The van der Waals surface area contributed by atoms with Crippen LogP contribution in [0.4, 0.5) is 0 Å². The molecule has 0 aliphatic rings. The van der Waals surface area contributed by atoms with Crippen LogP contribution in [0.15, 0.2) is 80.3 Å². The molecule has 132 valence electrons. The van der Waals surface area contributed by atoms with Crippen LogP contribution in [0.3, 0.4) is 0 Å². The van der Waals surface area contributed by atoms with Gasteiger partial charge >= 0.3 is 0 Å². The molecule has 3 aromatic heterocycles. The van der Waals surface area contributed by atoms with Crippen molar-refractivity contribution in [2.75, 3.05) is 0 Å². The number of hydrogen-bond acceptors (Lipinski definition) is 5. The Bertz CT molecular complexity index is 1130. The molecule has 0 spiro atoms. The van der Waals surface area contributed by atoms with Gasteiger partial charge in [-0.2, -0.15) is 0 Å². The van der Waals surface area contributed by atoms with Crippen LogP contribution in [0.2, 0.25) is 0 Å². The molecule has 0 saturated carbocycles. The second kappa shape index (κ2) is 7.24. The summed E-state index contributed by atoms with van der Waals surface area (Å²) in [5, 5.41) is 0.918. The summed E-state index contributed by atoms with van der Waals surface area (Å²) in [5.74, 6) is 0. The molecule has 0 fully saturated rings. The number of benzene rings is 1. The Balaban J connectivity index is 1.48. The fourth-order valence-corrected chi connectivity index (χ4v) is 6.14. The molecule has 0 aliphatic heterocycles. The number of nitrogens with one attached hydrogen (secondary N) is 2. The van der Waals surface area contributed by atoms with Gasteiger partial charge in [0.15, 0.2) is 0 Å². The van der Waals surface area contributed by atoms with Crippen LogP contribution < -0.4 is 4.72 Å². The molecule has 26 heavy (non-hydrogen) atoms. The molecule has 0 saturated heterocycles. The molecular weight excluding hydrogens is 386 g/mol. The second-order valence-electron chi connectivity index (χ2n) is 5.53.